The number of nitrogens with one attached hydrogen (secondary N) is 2. The average Bonchev–Trinajstić information content (AvgIpc) is 3.04. The molecule has 0 spiro atoms. The van der Waals surface area contributed by atoms with E-state index >= 15 is 0 Å². The molecule has 0 radical (unpaired) electrons. The van der Waals surface area contributed by atoms with Crippen molar-refractivity contribution in [2.24, 2.45) is 12.0 Å². The Bertz CT molecular complexity index is 707. The number of nitrogens with zero attached hydrogens (tertiary/aromatic N) is 5. The number of rotatable bonds is 6. The number of aryl methyl sites for hydroxylation is 3. The van der Waals surface area contributed by atoms with E-state index < -0.39 is 0 Å². The van der Waals surface area contributed by atoms with Crippen molar-refractivity contribution in [2.75, 3.05) is 6.54 Å². The van der Waals surface area contributed by atoms with E-state index in [1.807, 2.05) is 25.6 Å². The molecule has 2 N–H and O–H groups in total. The van der Waals surface area contributed by atoms with Crippen molar-refractivity contribution in [2.45, 2.75) is 53.6 Å². The van der Waals surface area contributed by atoms with Crippen molar-refractivity contribution in [3.63, 3.8) is 0 Å². The van der Waals surface area contributed by atoms with Crippen LogP contribution in [0.5, 0.6) is 0 Å². The zero-order valence-corrected chi connectivity index (χ0v) is 18.1. The SMILES string of the molecule is CCNC(=NCc1nc(C)no1)NC(C)Cc1c(C)nn(C)c1C.I. The first kappa shape index (κ1) is 21.4. The van der Waals surface area contributed by atoms with E-state index in [4.69, 9.17) is 4.52 Å². The fourth-order valence-electron chi connectivity index (χ4n) is 2.57. The molecule has 0 aliphatic rings. The van der Waals surface area contributed by atoms with E-state index in [1.54, 1.807) is 6.92 Å². The maximum Gasteiger partial charge on any atom is 0.248 e. The molecule has 1 atom stereocenters. The molecule has 0 aliphatic heterocycles. The van der Waals surface area contributed by atoms with Gasteiger partial charge >= 0.3 is 0 Å². The predicted octanol–water partition coefficient (Wildman–Crippen LogP) is 2.03. The number of hydrogen-bond acceptors (Lipinski definition) is 5. The summed E-state index contributed by atoms with van der Waals surface area (Å²) in [7, 11) is 1.97. The van der Waals surface area contributed by atoms with Gasteiger partial charge in [0.15, 0.2) is 11.8 Å². The van der Waals surface area contributed by atoms with Crippen molar-refractivity contribution >= 4 is 29.9 Å². The van der Waals surface area contributed by atoms with E-state index in [9.17, 15) is 0 Å². The lowest BCUT2D eigenvalue weighted by Crippen LogP contribution is -2.43. The largest absolute Gasteiger partial charge is 0.357 e. The molecule has 0 saturated heterocycles. The molecule has 2 aromatic rings. The number of guanidine groups is 1. The van der Waals surface area contributed by atoms with Crippen molar-refractivity contribution in [3.8, 4) is 0 Å². The molecule has 9 heteroatoms. The third-order valence-corrected chi connectivity index (χ3v) is 3.84. The molecule has 0 aliphatic carbocycles. The second-order valence-corrected chi connectivity index (χ2v) is 5.95. The molecule has 0 saturated carbocycles. The Morgan fingerprint density at radius 1 is 1.32 bits per heavy atom. The minimum atomic E-state index is 0. The third kappa shape index (κ3) is 5.98. The van der Waals surface area contributed by atoms with Crippen LogP contribution in [-0.2, 0) is 20.0 Å². The van der Waals surface area contributed by atoms with Crippen LogP contribution >= 0.6 is 24.0 Å². The second kappa shape index (κ2) is 9.73. The lowest BCUT2D eigenvalue weighted by molar-refractivity contribution is 0.376. The van der Waals surface area contributed by atoms with Gasteiger partial charge in [-0.1, -0.05) is 5.16 Å². The first-order valence-electron chi connectivity index (χ1n) is 8.23. The standard InChI is InChI=1S/C16H27N7O.HI/c1-7-17-16(18-9-15-20-13(5)22-24-15)19-10(2)8-14-11(3)21-23(6)12(14)4;/h10H,7-9H2,1-6H3,(H2,17,18,19);1H. The maximum atomic E-state index is 5.09. The molecular weight excluding hydrogens is 433 g/mol. The molecule has 0 fully saturated rings. The Morgan fingerprint density at radius 2 is 2.04 bits per heavy atom. The second-order valence-electron chi connectivity index (χ2n) is 5.95. The zero-order chi connectivity index (χ0) is 17.7. The van der Waals surface area contributed by atoms with Crippen LogP contribution < -0.4 is 10.6 Å². The van der Waals surface area contributed by atoms with Gasteiger partial charge in [-0.2, -0.15) is 10.1 Å². The predicted molar refractivity (Wildman–Crippen MR) is 108 cm³/mol. The van der Waals surface area contributed by atoms with Gasteiger partial charge < -0.3 is 15.2 Å². The molecule has 0 bridgehead atoms. The van der Waals surface area contributed by atoms with Crippen molar-refractivity contribution in [3.05, 3.63) is 28.7 Å². The maximum absolute atomic E-state index is 5.09. The molecule has 1 unspecified atom stereocenters. The molecule has 2 rings (SSSR count). The van der Waals surface area contributed by atoms with Crippen molar-refractivity contribution in [1.82, 2.24) is 30.6 Å². The Labute approximate surface area is 165 Å². The summed E-state index contributed by atoms with van der Waals surface area (Å²) in [4.78, 5) is 8.67. The summed E-state index contributed by atoms with van der Waals surface area (Å²) >= 11 is 0. The Hall–Kier alpha value is -1.65. The van der Waals surface area contributed by atoms with E-state index in [2.05, 4.69) is 44.7 Å². The average molecular weight is 461 g/mol. The van der Waals surface area contributed by atoms with Crippen LogP contribution in [0.1, 0.15) is 42.5 Å². The zero-order valence-electron chi connectivity index (χ0n) is 15.8. The monoisotopic (exact) mass is 461 g/mol. The molecule has 140 valence electrons. The third-order valence-electron chi connectivity index (χ3n) is 3.84. The molecule has 0 aromatic carbocycles. The molecular formula is C16H28IN7O. The Balaban J connectivity index is 0.00000312. The first-order valence-corrected chi connectivity index (χ1v) is 8.23. The smallest absolute Gasteiger partial charge is 0.248 e. The van der Waals surface area contributed by atoms with Gasteiger partial charge in [-0.3, -0.25) is 4.68 Å². The van der Waals surface area contributed by atoms with E-state index in [1.165, 1.54) is 11.3 Å². The van der Waals surface area contributed by atoms with Gasteiger partial charge in [-0.25, -0.2) is 4.99 Å². The number of halogens is 1. The van der Waals surface area contributed by atoms with Gasteiger partial charge in [0.05, 0.1) is 5.69 Å². The van der Waals surface area contributed by atoms with Gasteiger partial charge in [0.25, 0.3) is 0 Å². The highest BCUT2D eigenvalue weighted by atomic mass is 127. The van der Waals surface area contributed by atoms with Crippen LogP contribution in [0.15, 0.2) is 9.52 Å². The van der Waals surface area contributed by atoms with E-state index in [0.717, 1.165) is 24.6 Å². The van der Waals surface area contributed by atoms with E-state index in [-0.39, 0.29) is 30.0 Å². The lowest BCUT2D eigenvalue weighted by Gasteiger charge is -2.18. The van der Waals surface area contributed by atoms with Gasteiger partial charge in [-0.05, 0) is 46.6 Å². The van der Waals surface area contributed by atoms with E-state index in [0.29, 0.717) is 18.3 Å². The fraction of sp³-hybridized carbons (Fsp3) is 0.625. The fourth-order valence-corrected chi connectivity index (χ4v) is 2.57. The Kier molecular flexibility index (Phi) is 8.33. The highest BCUT2D eigenvalue weighted by molar-refractivity contribution is 14.0. The van der Waals surface area contributed by atoms with Crippen LogP contribution in [0.4, 0.5) is 0 Å². The topological polar surface area (TPSA) is 93.2 Å². The molecule has 2 aromatic heterocycles. The normalized spacial score (nSPS) is 12.6. The van der Waals surface area contributed by atoms with Gasteiger partial charge in [0.2, 0.25) is 5.89 Å². The summed E-state index contributed by atoms with van der Waals surface area (Å²) in [6.07, 6.45) is 0.885. The number of aliphatic imine (C=N–C) groups is 1. The highest BCUT2D eigenvalue weighted by Gasteiger charge is 2.14. The summed E-state index contributed by atoms with van der Waals surface area (Å²) < 4.78 is 7.02. The number of aromatic nitrogens is 4. The Morgan fingerprint density at radius 3 is 2.56 bits per heavy atom. The molecule has 8 nitrogen and oxygen atoms in total. The quantitative estimate of drug-likeness (QED) is 0.389. The van der Waals surface area contributed by atoms with Crippen molar-refractivity contribution < 1.29 is 4.52 Å². The summed E-state index contributed by atoms with van der Waals surface area (Å²) in [5.74, 6) is 1.87. The van der Waals surface area contributed by atoms with Crippen LogP contribution in [-0.4, -0.2) is 38.5 Å². The van der Waals surface area contributed by atoms with Crippen LogP contribution in [0.25, 0.3) is 0 Å². The van der Waals surface area contributed by atoms with Gasteiger partial charge in [0.1, 0.15) is 6.54 Å². The minimum absolute atomic E-state index is 0. The number of hydrogen-bond donors (Lipinski definition) is 2. The van der Waals surface area contributed by atoms with Gasteiger partial charge in [-0.15, -0.1) is 24.0 Å². The van der Waals surface area contributed by atoms with Crippen LogP contribution in [0, 0.1) is 20.8 Å². The summed E-state index contributed by atoms with van der Waals surface area (Å²) in [5.41, 5.74) is 3.55. The lowest BCUT2D eigenvalue weighted by atomic mass is 10.1. The summed E-state index contributed by atoms with van der Waals surface area (Å²) in [5, 5.41) is 14.9. The van der Waals surface area contributed by atoms with Crippen molar-refractivity contribution in [1.29, 1.82) is 0 Å². The van der Waals surface area contributed by atoms with Crippen LogP contribution in [0.3, 0.4) is 0 Å². The highest BCUT2D eigenvalue weighted by Crippen LogP contribution is 2.14. The summed E-state index contributed by atoms with van der Waals surface area (Å²) in [6.45, 7) is 11.2. The molecule has 25 heavy (non-hydrogen) atoms. The molecule has 2 heterocycles. The van der Waals surface area contributed by atoms with Crippen LogP contribution in [0.2, 0.25) is 0 Å². The van der Waals surface area contributed by atoms with Gasteiger partial charge in [0, 0.05) is 25.3 Å². The molecule has 0 amide bonds. The minimum Gasteiger partial charge on any atom is -0.357 e. The first-order chi connectivity index (χ1) is 11.4. The summed E-state index contributed by atoms with van der Waals surface area (Å²) in [6, 6.07) is 0.217.